The maximum atomic E-state index is 10.4. The van der Waals surface area contributed by atoms with Crippen LogP contribution in [0, 0.1) is 0 Å². The highest BCUT2D eigenvalue weighted by Crippen LogP contribution is 2.10. The highest BCUT2D eigenvalue weighted by molar-refractivity contribution is 7.09. The Kier molecular flexibility index (Phi) is 4.87. The van der Waals surface area contributed by atoms with Gasteiger partial charge in [0.25, 0.3) is 0 Å². The second-order valence-electron chi connectivity index (χ2n) is 3.12. The van der Waals surface area contributed by atoms with Gasteiger partial charge in [-0.2, -0.15) is 0 Å². The van der Waals surface area contributed by atoms with Crippen molar-refractivity contribution in [3.8, 4) is 0 Å². The first kappa shape index (κ1) is 12.6. The summed E-state index contributed by atoms with van der Waals surface area (Å²) in [7, 11) is 0. The van der Waals surface area contributed by atoms with Gasteiger partial charge < -0.3 is 15.5 Å². The van der Waals surface area contributed by atoms with Crippen molar-refractivity contribution < 1.29 is 19.8 Å². The lowest BCUT2D eigenvalue weighted by atomic mass is 10.3. The average Bonchev–Trinajstić information content (AvgIpc) is 2.59. The molecule has 0 aromatic carbocycles. The largest absolute Gasteiger partial charge is 0.481 e. The number of aliphatic carboxylic acids is 2. The fourth-order valence-electron chi connectivity index (χ4n) is 1.09. The lowest BCUT2D eigenvalue weighted by Gasteiger charge is -1.98. The van der Waals surface area contributed by atoms with Crippen molar-refractivity contribution in [1.29, 1.82) is 0 Å². The summed E-state index contributed by atoms with van der Waals surface area (Å²) in [6, 6.07) is 0. The van der Waals surface area contributed by atoms with Crippen molar-refractivity contribution in [3.05, 3.63) is 16.1 Å². The summed E-state index contributed by atoms with van der Waals surface area (Å²) in [5.74, 6) is -1.80. The molecule has 0 aliphatic heterocycles. The van der Waals surface area contributed by atoms with Crippen LogP contribution in [0.25, 0.3) is 0 Å². The molecule has 6 nitrogen and oxygen atoms in total. The Morgan fingerprint density at radius 2 is 2.12 bits per heavy atom. The molecule has 0 bridgehead atoms. The van der Waals surface area contributed by atoms with Gasteiger partial charge in [0.05, 0.1) is 23.7 Å². The Balaban J connectivity index is 2.29. The van der Waals surface area contributed by atoms with Gasteiger partial charge in [-0.15, -0.1) is 11.3 Å². The zero-order chi connectivity index (χ0) is 12.0. The van der Waals surface area contributed by atoms with E-state index in [1.807, 2.05) is 0 Å². The predicted octanol–water partition coefficient (Wildman–Crippen LogP) is -0.0131. The molecule has 0 fully saturated rings. The SMILES string of the molecule is O=C(O)CNCCc1nc(CC(=O)O)cs1. The van der Waals surface area contributed by atoms with Gasteiger partial charge in [-0.1, -0.05) is 0 Å². The molecular weight excluding hydrogens is 232 g/mol. The Bertz CT molecular complexity index is 377. The Hall–Kier alpha value is -1.47. The van der Waals surface area contributed by atoms with Crippen LogP contribution >= 0.6 is 11.3 Å². The number of aromatic nitrogens is 1. The van der Waals surface area contributed by atoms with Crippen molar-refractivity contribution in [2.45, 2.75) is 12.8 Å². The van der Waals surface area contributed by atoms with Gasteiger partial charge in [0, 0.05) is 18.3 Å². The van der Waals surface area contributed by atoms with Gasteiger partial charge in [-0.25, -0.2) is 4.98 Å². The number of nitrogens with zero attached hydrogens (tertiary/aromatic N) is 1. The van der Waals surface area contributed by atoms with Gasteiger partial charge in [-0.3, -0.25) is 9.59 Å². The molecule has 0 amide bonds. The molecule has 0 spiro atoms. The fraction of sp³-hybridized carbons (Fsp3) is 0.444. The molecule has 0 atom stereocenters. The summed E-state index contributed by atoms with van der Waals surface area (Å²) >= 11 is 1.39. The summed E-state index contributed by atoms with van der Waals surface area (Å²) in [5, 5.41) is 22.2. The van der Waals surface area contributed by atoms with E-state index in [1.54, 1.807) is 5.38 Å². The summed E-state index contributed by atoms with van der Waals surface area (Å²) in [5.41, 5.74) is 0.547. The van der Waals surface area contributed by atoms with E-state index in [2.05, 4.69) is 10.3 Å². The first-order valence-corrected chi connectivity index (χ1v) is 5.53. The zero-order valence-electron chi connectivity index (χ0n) is 8.47. The third-order valence-corrected chi connectivity index (χ3v) is 2.68. The van der Waals surface area contributed by atoms with Crippen molar-refractivity contribution >= 4 is 23.3 Å². The molecular formula is C9H12N2O4S. The third kappa shape index (κ3) is 4.85. The highest BCUT2D eigenvalue weighted by atomic mass is 32.1. The molecule has 0 aliphatic rings. The quantitative estimate of drug-likeness (QED) is 0.583. The van der Waals surface area contributed by atoms with Crippen LogP contribution in [-0.2, 0) is 22.4 Å². The minimum Gasteiger partial charge on any atom is -0.481 e. The van der Waals surface area contributed by atoms with Gasteiger partial charge in [0.15, 0.2) is 0 Å². The first-order chi connectivity index (χ1) is 7.58. The Labute approximate surface area is 95.9 Å². The van der Waals surface area contributed by atoms with Crippen LogP contribution < -0.4 is 5.32 Å². The molecule has 1 rings (SSSR count). The van der Waals surface area contributed by atoms with Gasteiger partial charge in [0.2, 0.25) is 0 Å². The smallest absolute Gasteiger partial charge is 0.317 e. The van der Waals surface area contributed by atoms with Crippen LogP contribution in [0.2, 0.25) is 0 Å². The van der Waals surface area contributed by atoms with Crippen LogP contribution in [0.1, 0.15) is 10.7 Å². The van der Waals surface area contributed by atoms with E-state index in [1.165, 1.54) is 11.3 Å². The van der Waals surface area contributed by atoms with E-state index < -0.39 is 11.9 Å². The molecule has 1 aromatic heterocycles. The van der Waals surface area contributed by atoms with E-state index in [-0.39, 0.29) is 13.0 Å². The molecule has 0 saturated carbocycles. The third-order valence-electron chi connectivity index (χ3n) is 1.72. The van der Waals surface area contributed by atoms with E-state index in [0.717, 1.165) is 5.01 Å². The van der Waals surface area contributed by atoms with E-state index >= 15 is 0 Å². The summed E-state index contributed by atoms with van der Waals surface area (Å²) < 4.78 is 0. The summed E-state index contributed by atoms with van der Waals surface area (Å²) in [6.07, 6.45) is 0.538. The van der Waals surface area contributed by atoms with Crippen LogP contribution in [0.5, 0.6) is 0 Å². The number of carbonyl (C=O) groups is 2. The van der Waals surface area contributed by atoms with Crippen LogP contribution in [0.4, 0.5) is 0 Å². The van der Waals surface area contributed by atoms with Crippen molar-refractivity contribution in [2.75, 3.05) is 13.1 Å². The Morgan fingerprint density at radius 1 is 1.38 bits per heavy atom. The number of nitrogens with one attached hydrogen (secondary N) is 1. The molecule has 16 heavy (non-hydrogen) atoms. The maximum absolute atomic E-state index is 10.4. The molecule has 0 saturated heterocycles. The molecule has 1 heterocycles. The van der Waals surface area contributed by atoms with Crippen LogP contribution in [0.15, 0.2) is 5.38 Å². The molecule has 88 valence electrons. The molecule has 0 radical (unpaired) electrons. The number of carboxylic acid groups (broad SMARTS) is 2. The number of rotatable bonds is 7. The summed E-state index contributed by atoms with van der Waals surface area (Å²) in [6.45, 7) is 0.444. The first-order valence-electron chi connectivity index (χ1n) is 4.65. The molecule has 7 heteroatoms. The minimum absolute atomic E-state index is 0.0704. The van der Waals surface area contributed by atoms with Crippen LogP contribution in [0.3, 0.4) is 0 Å². The van der Waals surface area contributed by atoms with E-state index in [9.17, 15) is 9.59 Å². The fourth-order valence-corrected chi connectivity index (χ4v) is 1.89. The minimum atomic E-state index is -0.902. The zero-order valence-corrected chi connectivity index (χ0v) is 9.29. The van der Waals surface area contributed by atoms with Crippen molar-refractivity contribution in [2.24, 2.45) is 0 Å². The number of thiazole rings is 1. The molecule has 0 unspecified atom stereocenters. The number of hydrogen-bond donors (Lipinski definition) is 3. The molecule has 1 aromatic rings. The number of carboxylic acids is 2. The normalized spacial score (nSPS) is 10.2. The lowest BCUT2D eigenvalue weighted by Crippen LogP contribution is -2.24. The van der Waals surface area contributed by atoms with Gasteiger partial charge in [-0.05, 0) is 0 Å². The highest BCUT2D eigenvalue weighted by Gasteiger charge is 2.05. The standard InChI is InChI=1S/C9H12N2O4S/c12-8(13)3-6-5-16-7(11-6)1-2-10-4-9(14)15/h5,10H,1-4H2,(H,12,13)(H,14,15). The predicted molar refractivity (Wildman–Crippen MR) is 57.7 cm³/mol. The van der Waals surface area contributed by atoms with Crippen LogP contribution in [-0.4, -0.2) is 40.2 Å². The molecule has 0 aliphatic carbocycles. The number of hydrogen-bond acceptors (Lipinski definition) is 5. The second-order valence-corrected chi connectivity index (χ2v) is 4.07. The van der Waals surface area contributed by atoms with E-state index in [0.29, 0.717) is 18.7 Å². The Morgan fingerprint density at radius 3 is 2.75 bits per heavy atom. The van der Waals surface area contributed by atoms with Crippen molar-refractivity contribution in [1.82, 2.24) is 10.3 Å². The second kappa shape index (κ2) is 6.19. The van der Waals surface area contributed by atoms with E-state index in [4.69, 9.17) is 10.2 Å². The summed E-state index contributed by atoms with van der Waals surface area (Å²) in [4.78, 5) is 24.7. The van der Waals surface area contributed by atoms with Gasteiger partial charge >= 0.3 is 11.9 Å². The van der Waals surface area contributed by atoms with Gasteiger partial charge in [0.1, 0.15) is 0 Å². The molecule has 3 N–H and O–H groups in total. The maximum Gasteiger partial charge on any atom is 0.317 e. The van der Waals surface area contributed by atoms with Crippen molar-refractivity contribution in [3.63, 3.8) is 0 Å². The monoisotopic (exact) mass is 244 g/mol. The average molecular weight is 244 g/mol. The topological polar surface area (TPSA) is 99.5 Å². The lowest BCUT2D eigenvalue weighted by molar-refractivity contribution is -0.137.